The molecule has 0 bridgehead atoms. The van der Waals surface area contributed by atoms with Crippen molar-refractivity contribution in [1.82, 2.24) is 10.2 Å². The molecule has 148 valence electrons. The molecule has 2 unspecified atom stereocenters. The van der Waals surface area contributed by atoms with Crippen LogP contribution in [0.25, 0.3) is 0 Å². The van der Waals surface area contributed by atoms with E-state index in [0.717, 1.165) is 11.1 Å². The Balaban J connectivity index is 1.64. The predicted molar refractivity (Wildman–Crippen MR) is 107 cm³/mol. The largest absolute Gasteiger partial charge is 0.354 e. The predicted octanol–water partition coefficient (Wildman–Crippen LogP) is 2.91. The maximum Gasteiger partial charge on any atom is 0.227 e. The second kappa shape index (κ2) is 8.52. The Morgan fingerprint density at radius 2 is 1.96 bits per heavy atom. The van der Waals surface area contributed by atoms with Gasteiger partial charge in [0.2, 0.25) is 11.8 Å². The molecule has 5 nitrogen and oxygen atoms in total. The molecule has 1 saturated heterocycles. The maximum atomic E-state index is 14.2. The van der Waals surface area contributed by atoms with Gasteiger partial charge in [0.25, 0.3) is 0 Å². The third-order valence-corrected chi connectivity index (χ3v) is 5.17. The number of hydrogen-bond donors (Lipinski definition) is 1. The Morgan fingerprint density at radius 3 is 2.61 bits per heavy atom. The molecule has 1 aliphatic heterocycles. The molecule has 2 aromatic carbocycles. The van der Waals surface area contributed by atoms with Crippen molar-refractivity contribution in [2.75, 3.05) is 32.1 Å². The fourth-order valence-corrected chi connectivity index (χ4v) is 3.56. The van der Waals surface area contributed by atoms with E-state index in [-0.39, 0.29) is 36.5 Å². The minimum Gasteiger partial charge on any atom is -0.354 e. The summed E-state index contributed by atoms with van der Waals surface area (Å²) in [7, 11) is 3.93. The number of likely N-dealkylation sites (N-methyl/N-ethyl adjacent to an activating group) is 1. The fourth-order valence-electron chi connectivity index (χ4n) is 3.56. The second-order valence-electron chi connectivity index (χ2n) is 7.50. The van der Waals surface area contributed by atoms with Crippen LogP contribution in [0.2, 0.25) is 0 Å². The molecule has 0 spiro atoms. The van der Waals surface area contributed by atoms with Crippen molar-refractivity contribution in [1.29, 1.82) is 0 Å². The molecular formula is C22H26FN3O2. The van der Waals surface area contributed by atoms with Crippen molar-refractivity contribution >= 4 is 17.5 Å². The van der Waals surface area contributed by atoms with Crippen LogP contribution in [0.3, 0.4) is 0 Å². The van der Waals surface area contributed by atoms with Gasteiger partial charge in [-0.1, -0.05) is 36.4 Å². The lowest BCUT2D eigenvalue weighted by atomic mass is 10.0. The molecule has 2 atom stereocenters. The summed E-state index contributed by atoms with van der Waals surface area (Å²) >= 11 is 0. The van der Waals surface area contributed by atoms with Gasteiger partial charge in [0.1, 0.15) is 5.82 Å². The van der Waals surface area contributed by atoms with Gasteiger partial charge in [-0.25, -0.2) is 4.39 Å². The molecule has 0 aromatic heterocycles. The highest BCUT2D eigenvalue weighted by atomic mass is 19.1. The minimum atomic E-state index is -0.480. The lowest BCUT2D eigenvalue weighted by molar-refractivity contribution is -0.126. The first-order valence-corrected chi connectivity index (χ1v) is 9.42. The van der Waals surface area contributed by atoms with Gasteiger partial charge in [-0.2, -0.15) is 0 Å². The van der Waals surface area contributed by atoms with Crippen molar-refractivity contribution in [2.24, 2.45) is 5.92 Å². The quantitative estimate of drug-likeness (QED) is 0.835. The van der Waals surface area contributed by atoms with E-state index in [1.165, 1.54) is 11.0 Å². The molecule has 0 radical (unpaired) electrons. The number of hydrogen-bond acceptors (Lipinski definition) is 3. The average Bonchev–Trinajstić information content (AvgIpc) is 3.04. The van der Waals surface area contributed by atoms with E-state index >= 15 is 0 Å². The molecule has 1 heterocycles. The van der Waals surface area contributed by atoms with Crippen molar-refractivity contribution < 1.29 is 14.0 Å². The van der Waals surface area contributed by atoms with Crippen LogP contribution >= 0.6 is 0 Å². The first-order valence-electron chi connectivity index (χ1n) is 9.42. The van der Waals surface area contributed by atoms with Crippen molar-refractivity contribution in [2.45, 2.75) is 19.4 Å². The van der Waals surface area contributed by atoms with Gasteiger partial charge >= 0.3 is 0 Å². The summed E-state index contributed by atoms with van der Waals surface area (Å²) in [4.78, 5) is 28.4. The van der Waals surface area contributed by atoms with E-state index < -0.39 is 11.7 Å². The van der Waals surface area contributed by atoms with Gasteiger partial charge in [0.05, 0.1) is 17.6 Å². The second-order valence-corrected chi connectivity index (χ2v) is 7.50. The van der Waals surface area contributed by atoms with E-state index in [9.17, 15) is 14.0 Å². The lowest BCUT2D eigenvalue weighted by Gasteiger charge is -2.25. The molecule has 3 rings (SSSR count). The molecule has 1 aliphatic rings. The highest BCUT2D eigenvalue weighted by molar-refractivity contribution is 6.00. The molecule has 6 heteroatoms. The smallest absolute Gasteiger partial charge is 0.227 e. The third-order valence-electron chi connectivity index (χ3n) is 5.17. The zero-order valence-corrected chi connectivity index (χ0v) is 16.5. The molecule has 2 aromatic rings. The van der Waals surface area contributed by atoms with E-state index in [1.54, 1.807) is 19.1 Å². The number of benzene rings is 2. The van der Waals surface area contributed by atoms with E-state index in [4.69, 9.17) is 0 Å². The number of carbonyl (C=O) groups excluding carboxylic acids is 2. The van der Waals surface area contributed by atoms with Crippen molar-refractivity contribution in [3.63, 3.8) is 0 Å². The summed E-state index contributed by atoms with van der Waals surface area (Å²) in [5.41, 5.74) is 2.14. The monoisotopic (exact) mass is 383 g/mol. The number of halogens is 1. The van der Waals surface area contributed by atoms with Crippen LogP contribution in [0, 0.1) is 18.7 Å². The zero-order chi connectivity index (χ0) is 20.3. The van der Waals surface area contributed by atoms with Crippen LogP contribution in [0.5, 0.6) is 0 Å². The summed E-state index contributed by atoms with van der Waals surface area (Å²) in [6, 6.07) is 14.7. The van der Waals surface area contributed by atoms with Crippen LogP contribution < -0.4 is 10.2 Å². The molecule has 1 fully saturated rings. The van der Waals surface area contributed by atoms with Gasteiger partial charge in [0.15, 0.2) is 0 Å². The number of nitrogens with zero attached hydrogens (tertiary/aromatic N) is 2. The van der Waals surface area contributed by atoms with Gasteiger partial charge in [-0.05, 0) is 44.3 Å². The Labute approximate surface area is 165 Å². The van der Waals surface area contributed by atoms with E-state index in [1.807, 2.05) is 49.3 Å². The third kappa shape index (κ3) is 4.39. The first-order chi connectivity index (χ1) is 13.4. The molecule has 28 heavy (non-hydrogen) atoms. The van der Waals surface area contributed by atoms with Crippen LogP contribution in [-0.4, -0.2) is 43.9 Å². The number of nitrogens with one attached hydrogen (secondary N) is 1. The van der Waals surface area contributed by atoms with Gasteiger partial charge in [-0.3, -0.25) is 9.59 Å². The number of rotatable bonds is 6. The molecule has 2 amide bonds. The summed E-state index contributed by atoms with van der Waals surface area (Å²) < 4.78 is 14.2. The zero-order valence-electron chi connectivity index (χ0n) is 16.5. The van der Waals surface area contributed by atoms with Crippen molar-refractivity contribution in [3.05, 3.63) is 65.5 Å². The highest BCUT2D eigenvalue weighted by Crippen LogP contribution is 2.28. The molecule has 0 saturated carbocycles. The maximum absolute atomic E-state index is 14.2. The first kappa shape index (κ1) is 20.0. The van der Waals surface area contributed by atoms with Crippen LogP contribution in [-0.2, 0) is 9.59 Å². The number of amides is 2. The van der Waals surface area contributed by atoms with Crippen LogP contribution in [0.15, 0.2) is 48.5 Å². The molecule has 0 aliphatic carbocycles. The normalized spacial score (nSPS) is 17.8. The number of anilines is 1. The highest BCUT2D eigenvalue weighted by Gasteiger charge is 2.36. The van der Waals surface area contributed by atoms with Gasteiger partial charge in [0, 0.05) is 19.5 Å². The fraction of sp³-hybridized carbons (Fsp3) is 0.364. The molecule has 1 N–H and O–H groups in total. The summed E-state index contributed by atoms with van der Waals surface area (Å²) in [5, 5.41) is 2.97. The number of aryl methyl sites for hydroxylation is 1. The van der Waals surface area contributed by atoms with E-state index in [0.29, 0.717) is 6.54 Å². The number of carbonyl (C=O) groups is 2. The molecular weight excluding hydrogens is 357 g/mol. The minimum absolute atomic E-state index is 0.0351. The topological polar surface area (TPSA) is 52.7 Å². The standard InChI is InChI=1S/C22H26FN3O2/c1-15-9-10-19(18(23)11-15)26-14-17(12-21(26)27)22(28)24-13-20(25(2)3)16-7-5-4-6-8-16/h4-11,17,20H,12-14H2,1-3H3,(H,24,28). The Bertz CT molecular complexity index is 854. The van der Waals surface area contributed by atoms with Crippen LogP contribution in [0.1, 0.15) is 23.6 Å². The van der Waals surface area contributed by atoms with Crippen LogP contribution in [0.4, 0.5) is 10.1 Å². The SMILES string of the molecule is Cc1ccc(N2CC(C(=O)NCC(c3ccccc3)N(C)C)CC2=O)c(F)c1. The summed E-state index contributed by atoms with van der Waals surface area (Å²) in [6.07, 6.45) is 0.0944. The summed E-state index contributed by atoms with van der Waals surface area (Å²) in [5.74, 6) is -1.32. The van der Waals surface area contributed by atoms with Crippen molar-refractivity contribution in [3.8, 4) is 0 Å². The van der Waals surface area contributed by atoms with Gasteiger partial charge < -0.3 is 15.1 Å². The Morgan fingerprint density at radius 1 is 1.25 bits per heavy atom. The van der Waals surface area contributed by atoms with E-state index in [2.05, 4.69) is 5.32 Å². The Hall–Kier alpha value is -2.73. The lowest BCUT2D eigenvalue weighted by Crippen LogP contribution is -2.38. The summed E-state index contributed by atoms with van der Waals surface area (Å²) in [6.45, 7) is 2.44. The van der Waals surface area contributed by atoms with Gasteiger partial charge in [-0.15, -0.1) is 0 Å². The Kier molecular flexibility index (Phi) is 6.09. The average molecular weight is 383 g/mol.